The highest BCUT2D eigenvalue weighted by atomic mass is 35.5. The van der Waals surface area contributed by atoms with Crippen LogP contribution in [0.1, 0.15) is 39.1 Å². The Balaban J connectivity index is 1.64. The van der Waals surface area contributed by atoms with Crippen LogP contribution < -0.4 is 4.90 Å². The first-order chi connectivity index (χ1) is 12.2. The molecule has 7 heteroatoms. The maximum absolute atomic E-state index is 12.6. The smallest absolute Gasteiger partial charge is 0.228 e. The molecule has 1 amide bonds. The molecule has 0 bridgehead atoms. The van der Waals surface area contributed by atoms with E-state index < -0.39 is 0 Å². The molecular weight excluding hydrogens is 368 g/mol. The van der Waals surface area contributed by atoms with Gasteiger partial charge in [0, 0.05) is 54.1 Å². The molecule has 1 saturated heterocycles. The molecule has 3 rings (SSSR count). The van der Waals surface area contributed by atoms with Crippen molar-refractivity contribution in [1.29, 1.82) is 0 Å². The van der Waals surface area contributed by atoms with Crippen molar-refractivity contribution < 1.29 is 4.79 Å². The number of halogens is 1. The van der Waals surface area contributed by atoms with Crippen LogP contribution in [0.25, 0.3) is 0 Å². The monoisotopic (exact) mass is 392 g/mol. The number of nitrogens with zero attached hydrogens (tertiary/aromatic N) is 4. The van der Waals surface area contributed by atoms with Crippen LogP contribution in [0, 0.1) is 5.41 Å². The van der Waals surface area contributed by atoms with Crippen molar-refractivity contribution in [2.75, 3.05) is 24.5 Å². The number of rotatable bonds is 3. The fraction of sp³-hybridized carbons (Fsp3) is 0.526. The van der Waals surface area contributed by atoms with E-state index in [1.54, 1.807) is 0 Å². The first-order valence-electron chi connectivity index (χ1n) is 8.87. The van der Waals surface area contributed by atoms with Gasteiger partial charge in [-0.05, 0) is 24.6 Å². The minimum Gasteiger partial charge on any atom is -0.343 e. The number of hydrogen-bond acceptors (Lipinski definition) is 5. The molecule has 0 radical (unpaired) electrons. The Morgan fingerprint density at radius 2 is 1.96 bits per heavy atom. The molecule has 1 atom stereocenters. The molecule has 2 heterocycles. The molecule has 5 nitrogen and oxygen atoms in total. The molecule has 1 aliphatic rings. The molecule has 26 heavy (non-hydrogen) atoms. The molecule has 0 N–H and O–H groups in total. The second-order valence-corrected chi connectivity index (χ2v) is 9.01. The van der Waals surface area contributed by atoms with Crippen molar-refractivity contribution in [3.63, 3.8) is 0 Å². The van der Waals surface area contributed by atoms with E-state index in [9.17, 15) is 4.79 Å². The summed E-state index contributed by atoms with van der Waals surface area (Å²) >= 11 is 7.36. The lowest BCUT2D eigenvalue weighted by Crippen LogP contribution is -2.56. The Bertz CT molecular complexity index is 769. The molecule has 1 aliphatic heterocycles. The Morgan fingerprint density at radius 1 is 1.27 bits per heavy atom. The zero-order valence-electron chi connectivity index (χ0n) is 15.7. The predicted molar refractivity (Wildman–Crippen MR) is 107 cm³/mol. The largest absolute Gasteiger partial charge is 0.343 e. The number of hydrogen-bond donors (Lipinski definition) is 0. The first kappa shape index (κ1) is 19.1. The molecule has 1 fully saturated rings. The van der Waals surface area contributed by atoms with Crippen molar-refractivity contribution in [3.8, 4) is 0 Å². The molecule has 0 aliphatic carbocycles. The second-order valence-electron chi connectivity index (χ2n) is 7.84. The number of carbonyl (C=O) groups excluding carboxylic acids is 1. The van der Waals surface area contributed by atoms with Crippen LogP contribution in [0.15, 0.2) is 24.3 Å². The van der Waals surface area contributed by atoms with Crippen LogP contribution in [0.3, 0.4) is 0 Å². The van der Waals surface area contributed by atoms with E-state index in [2.05, 4.69) is 16.2 Å². The van der Waals surface area contributed by atoms with Crippen LogP contribution in [0.2, 0.25) is 5.02 Å². The fourth-order valence-electron chi connectivity index (χ4n) is 3.09. The molecule has 0 spiro atoms. The third kappa shape index (κ3) is 4.35. The van der Waals surface area contributed by atoms with Gasteiger partial charge >= 0.3 is 0 Å². The summed E-state index contributed by atoms with van der Waals surface area (Å²) in [6.07, 6.45) is 0.700. The molecular formula is C19H25ClN4OS. The summed E-state index contributed by atoms with van der Waals surface area (Å²) in [6.45, 7) is 10.3. The van der Waals surface area contributed by atoms with E-state index in [0.717, 1.165) is 41.2 Å². The summed E-state index contributed by atoms with van der Waals surface area (Å²) in [6, 6.07) is 7.94. The summed E-state index contributed by atoms with van der Waals surface area (Å²) in [7, 11) is 0. The van der Waals surface area contributed by atoms with Gasteiger partial charge in [0.2, 0.25) is 11.0 Å². The van der Waals surface area contributed by atoms with E-state index in [1.807, 2.05) is 49.9 Å². The molecule has 0 saturated carbocycles. The van der Waals surface area contributed by atoms with Gasteiger partial charge in [0.05, 0.1) is 0 Å². The van der Waals surface area contributed by atoms with E-state index in [0.29, 0.717) is 6.42 Å². The lowest BCUT2D eigenvalue weighted by molar-refractivity contribution is -0.142. The fourth-order valence-corrected chi connectivity index (χ4v) is 3.94. The van der Waals surface area contributed by atoms with Crippen molar-refractivity contribution in [3.05, 3.63) is 40.7 Å². The Hall–Kier alpha value is -1.66. The number of piperazine rings is 1. The SMILES string of the molecule is C[C@@H]1CN(c2nc(Cc3ccc(Cl)cc3)ns2)CCN1C(=O)C(C)(C)C. The lowest BCUT2D eigenvalue weighted by Gasteiger charge is -2.42. The van der Waals surface area contributed by atoms with Crippen molar-refractivity contribution in [2.45, 2.75) is 40.2 Å². The van der Waals surface area contributed by atoms with Crippen LogP contribution in [0.5, 0.6) is 0 Å². The summed E-state index contributed by atoms with van der Waals surface area (Å²) in [5, 5.41) is 1.67. The average molecular weight is 393 g/mol. The number of aromatic nitrogens is 2. The van der Waals surface area contributed by atoms with Gasteiger partial charge in [0.15, 0.2) is 0 Å². The van der Waals surface area contributed by atoms with Crippen LogP contribution >= 0.6 is 23.1 Å². The van der Waals surface area contributed by atoms with Gasteiger partial charge in [0.1, 0.15) is 5.82 Å². The van der Waals surface area contributed by atoms with Crippen molar-refractivity contribution >= 4 is 34.2 Å². The molecule has 0 unspecified atom stereocenters. The normalized spacial score (nSPS) is 18.3. The zero-order valence-corrected chi connectivity index (χ0v) is 17.3. The van der Waals surface area contributed by atoms with Crippen molar-refractivity contribution in [2.24, 2.45) is 5.41 Å². The quantitative estimate of drug-likeness (QED) is 0.795. The molecule has 2 aromatic rings. The second kappa shape index (κ2) is 7.53. The van der Waals surface area contributed by atoms with Crippen LogP contribution in [-0.4, -0.2) is 45.8 Å². The average Bonchev–Trinajstić information content (AvgIpc) is 3.04. The topological polar surface area (TPSA) is 49.3 Å². The first-order valence-corrected chi connectivity index (χ1v) is 10.0. The van der Waals surface area contributed by atoms with Gasteiger partial charge in [-0.25, -0.2) is 4.98 Å². The van der Waals surface area contributed by atoms with Gasteiger partial charge in [0.25, 0.3) is 0 Å². The number of anilines is 1. The summed E-state index contributed by atoms with van der Waals surface area (Å²) < 4.78 is 4.50. The third-order valence-corrected chi connectivity index (χ3v) is 5.60. The maximum Gasteiger partial charge on any atom is 0.228 e. The summed E-state index contributed by atoms with van der Waals surface area (Å²) in [5.74, 6) is 1.04. The van der Waals surface area contributed by atoms with E-state index in [4.69, 9.17) is 16.6 Å². The number of carbonyl (C=O) groups is 1. The van der Waals surface area contributed by atoms with Gasteiger partial charge in [-0.1, -0.05) is 44.5 Å². The number of amides is 1. The molecule has 1 aromatic heterocycles. The minimum absolute atomic E-state index is 0.166. The third-order valence-electron chi connectivity index (χ3n) is 4.53. The highest BCUT2D eigenvalue weighted by Crippen LogP contribution is 2.25. The van der Waals surface area contributed by atoms with Gasteiger partial charge in [-0.3, -0.25) is 4.79 Å². The zero-order chi connectivity index (χ0) is 18.9. The summed E-state index contributed by atoms with van der Waals surface area (Å²) in [4.78, 5) is 21.5. The highest BCUT2D eigenvalue weighted by Gasteiger charge is 2.34. The lowest BCUT2D eigenvalue weighted by atomic mass is 9.93. The van der Waals surface area contributed by atoms with Gasteiger partial charge in [-0.15, -0.1) is 0 Å². The van der Waals surface area contributed by atoms with Gasteiger partial charge in [-0.2, -0.15) is 4.37 Å². The maximum atomic E-state index is 12.6. The number of benzene rings is 1. The van der Waals surface area contributed by atoms with Crippen LogP contribution in [0.4, 0.5) is 5.13 Å². The van der Waals surface area contributed by atoms with Gasteiger partial charge < -0.3 is 9.80 Å². The summed E-state index contributed by atoms with van der Waals surface area (Å²) in [5.41, 5.74) is 0.804. The van der Waals surface area contributed by atoms with E-state index in [1.165, 1.54) is 11.5 Å². The van der Waals surface area contributed by atoms with Crippen molar-refractivity contribution in [1.82, 2.24) is 14.3 Å². The molecule has 1 aromatic carbocycles. The Morgan fingerprint density at radius 3 is 2.58 bits per heavy atom. The van der Waals surface area contributed by atoms with Crippen LogP contribution in [-0.2, 0) is 11.2 Å². The van der Waals surface area contributed by atoms with E-state index >= 15 is 0 Å². The standard InChI is InChI=1S/C19H25ClN4OS/c1-13-12-23(9-10-24(13)17(25)19(2,3)4)18-21-16(22-26-18)11-14-5-7-15(20)8-6-14/h5-8,13H,9-12H2,1-4H3/t13-/m1/s1. The highest BCUT2D eigenvalue weighted by molar-refractivity contribution is 7.09. The Kier molecular flexibility index (Phi) is 5.53. The molecule has 140 valence electrons. The minimum atomic E-state index is -0.342. The Labute approximate surface area is 164 Å². The predicted octanol–water partition coefficient (Wildman–Crippen LogP) is 3.87. The van der Waals surface area contributed by atoms with E-state index in [-0.39, 0.29) is 17.4 Å².